The third kappa shape index (κ3) is 11.1. The van der Waals surface area contributed by atoms with Crippen LogP contribution in [0.1, 0.15) is 134 Å². The molecule has 1 aliphatic heterocycles. The average molecular weight is 526 g/mol. The van der Waals surface area contributed by atoms with Crippen LogP contribution in [0.5, 0.6) is 0 Å². The van der Waals surface area contributed by atoms with Gasteiger partial charge >= 0.3 is 0 Å². The van der Waals surface area contributed by atoms with Gasteiger partial charge in [-0.1, -0.05) is 122 Å². The van der Waals surface area contributed by atoms with E-state index in [0.29, 0.717) is 5.92 Å². The van der Waals surface area contributed by atoms with Crippen LogP contribution >= 0.6 is 0 Å². The van der Waals surface area contributed by atoms with Crippen molar-refractivity contribution in [3.8, 4) is 11.3 Å². The number of rotatable bonds is 19. The van der Waals surface area contributed by atoms with Crippen molar-refractivity contribution in [3.05, 3.63) is 53.5 Å². The van der Waals surface area contributed by atoms with Crippen LogP contribution in [0.2, 0.25) is 0 Å². The van der Waals surface area contributed by atoms with Crippen molar-refractivity contribution >= 4 is 0 Å². The molecular formula is C34H52FNO2. The lowest BCUT2D eigenvalue weighted by Crippen LogP contribution is -2.27. The van der Waals surface area contributed by atoms with Gasteiger partial charge in [0.05, 0.1) is 18.9 Å². The zero-order valence-corrected chi connectivity index (χ0v) is 24.2. The van der Waals surface area contributed by atoms with Gasteiger partial charge in [0.2, 0.25) is 0 Å². The van der Waals surface area contributed by atoms with Crippen molar-refractivity contribution < 1.29 is 13.9 Å². The van der Waals surface area contributed by atoms with Crippen LogP contribution in [0.4, 0.5) is 4.39 Å². The van der Waals surface area contributed by atoms with Gasteiger partial charge in [-0.05, 0) is 37.0 Å². The molecule has 0 unspecified atom stereocenters. The molecule has 3 nitrogen and oxygen atoms in total. The molecule has 1 aliphatic rings. The van der Waals surface area contributed by atoms with E-state index in [4.69, 9.17) is 9.47 Å². The third-order valence-corrected chi connectivity index (χ3v) is 7.89. The monoisotopic (exact) mass is 525 g/mol. The summed E-state index contributed by atoms with van der Waals surface area (Å²) in [5, 5.41) is 0. The van der Waals surface area contributed by atoms with E-state index in [0.717, 1.165) is 48.4 Å². The normalized spacial score (nSPS) is 17.7. The van der Waals surface area contributed by atoms with Crippen LogP contribution < -0.4 is 0 Å². The molecule has 0 aliphatic carbocycles. The number of halogens is 1. The van der Waals surface area contributed by atoms with Crippen LogP contribution in [-0.4, -0.2) is 18.2 Å². The maximum absolute atomic E-state index is 14.7. The SMILES string of the molecule is CCCCCCCCCCC1COC(c2ccc(-c3ccc(CCCCCCCCC)c(F)c3)nc2)OC1. The number of aromatic nitrogens is 1. The number of nitrogens with zero attached hydrogens (tertiary/aromatic N) is 1. The minimum atomic E-state index is -0.354. The number of hydrogen-bond donors (Lipinski definition) is 0. The fourth-order valence-electron chi connectivity index (χ4n) is 5.37. The first-order chi connectivity index (χ1) is 18.7. The van der Waals surface area contributed by atoms with Crippen LogP contribution in [0, 0.1) is 11.7 Å². The summed E-state index contributed by atoms with van der Waals surface area (Å²) in [4.78, 5) is 4.59. The lowest BCUT2D eigenvalue weighted by atomic mass is 10.0. The highest BCUT2D eigenvalue weighted by Crippen LogP contribution is 2.29. The molecule has 0 amide bonds. The maximum Gasteiger partial charge on any atom is 0.185 e. The van der Waals surface area contributed by atoms with Gasteiger partial charge < -0.3 is 9.47 Å². The Morgan fingerprint density at radius 3 is 1.92 bits per heavy atom. The Balaban J connectivity index is 1.35. The van der Waals surface area contributed by atoms with Gasteiger partial charge in [-0.2, -0.15) is 0 Å². The molecule has 1 aromatic carbocycles. The van der Waals surface area contributed by atoms with Crippen LogP contribution in [0.3, 0.4) is 0 Å². The van der Waals surface area contributed by atoms with E-state index in [1.807, 2.05) is 30.5 Å². The second kappa shape index (κ2) is 18.5. The molecule has 212 valence electrons. The highest BCUT2D eigenvalue weighted by Gasteiger charge is 2.23. The molecule has 0 radical (unpaired) electrons. The summed E-state index contributed by atoms with van der Waals surface area (Å²) in [6.07, 6.45) is 22.9. The number of ether oxygens (including phenoxy) is 2. The molecule has 2 aromatic rings. The van der Waals surface area contributed by atoms with Gasteiger partial charge in [0.25, 0.3) is 0 Å². The molecule has 0 bridgehead atoms. The number of benzene rings is 1. The molecule has 4 heteroatoms. The number of unbranched alkanes of at least 4 members (excludes halogenated alkanes) is 13. The molecule has 0 N–H and O–H groups in total. The second-order valence-electron chi connectivity index (χ2n) is 11.3. The minimum absolute atomic E-state index is 0.124. The van der Waals surface area contributed by atoms with E-state index in [-0.39, 0.29) is 12.1 Å². The Morgan fingerprint density at radius 1 is 0.737 bits per heavy atom. The summed E-state index contributed by atoms with van der Waals surface area (Å²) >= 11 is 0. The quantitative estimate of drug-likeness (QED) is 0.171. The predicted molar refractivity (Wildman–Crippen MR) is 157 cm³/mol. The summed E-state index contributed by atoms with van der Waals surface area (Å²) < 4.78 is 26.8. The zero-order chi connectivity index (χ0) is 26.8. The topological polar surface area (TPSA) is 31.4 Å². The van der Waals surface area contributed by atoms with Crippen molar-refractivity contribution in [1.29, 1.82) is 0 Å². The van der Waals surface area contributed by atoms with Gasteiger partial charge in [0, 0.05) is 23.2 Å². The second-order valence-corrected chi connectivity index (χ2v) is 11.3. The Hall–Kier alpha value is -1.78. The average Bonchev–Trinajstić information content (AvgIpc) is 2.95. The molecule has 3 rings (SSSR count). The highest BCUT2D eigenvalue weighted by atomic mass is 19.1. The number of hydrogen-bond acceptors (Lipinski definition) is 3. The van der Waals surface area contributed by atoms with E-state index in [1.165, 1.54) is 96.3 Å². The first-order valence-corrected chi connectivity index (χ1v) is 15.7. The Labute approximate surface area is 231 Å². The van der Waals surface area contributed by atoms with Crippen LogP contribution in [0.25, 0.3) is 11.3 Å². The maximum atomic E-state index is 14.7. The van der Waals surface area contributed by atoms with Crippen molar-refractivity contribution in [2.75, 3.05) is 13.2 Å². The number of pyridine rings is 1. The Bertz CT molecular complexity index is 877. The molecular weight excluding hydrogens is 473 g/mol. The summed E-state index contributed by atoms with van der Waals surface area (Å²) in [5.74, 6) is 0.363. The van der Waals surface area contributed by atoms with E-state index in [9.17, 15) is 4.39 Å². The van der Waals surface area contributed by atoms with Crippen molar-refractivity contribution in [2.24, 2.45) is 5.92 Å². The molecule has 0 saturated carbocycles. The molecule has 2 heterocycles. The standard InChI is InChI=1S/C34H52FNO2/c1-3-5-7-9-11-13-14-16-18-28-26-37-34(38-27-28)31-22-23-33(36-25-31)30-21-20-29(32(35)24-30)19-17-15-12-10-8-6-4-2/h20-25,28,34H,3-19,26-27H2,1-2H3. The Kier molecular flexibility index (Phi) is 15.0. The molecule has 38 heavy (non-hydrogen) atoms. The fourth-order valence-corrected chi connectivity index (χ4v) is 5.37. The van der Waals surface area contributed by atoms with Crippen LogP contribution in [-0.2, 0) is 15.9 Å². The number of aryl methyl sites for hydroxylation is 1. The lowest BCUT2D eigenvalue weighted by Gasteiger charge is -2.29. The van der Waals surface area contributed by atoms with Gasteiger partial charge in [-0.25, -0.2) is 4.39 Å². The highest BCUT2D eigenvalue weighted by molar-refractivity contribution is 5.59. The van der Waals surface area contributed by atoms with Gasteiger partial charge in [-0.15, -0.1) is 0 Å². The summed E-state index contributed by atoms with van der Waals surface area (Å²) in [6, 6.07) is 9.49. The fraction of sp³-hybridized carbons (Fsp3) is 0.676. The zero-order valence-electron chi connectivity index (χ0n) is 24.2. The Morgan fingerprint density at radius 2 is 1.34 bits per heavy atom. The smallest absolute Gasteiger partial charge is 0.185 e. The third-order valence-electron chi connectivity index (χ3n) is 7.89. The molecule has 1 aromatic heterocycles. The molecule has 0 atom stereocenters. The lowest BCUT2D eigenvalue weighted by molar-refractivity contribution is -0.206. The predicted octanol–water partition coefficient (Wildman–Crippen LogP) is 10.4. The first-order valence-electron chi connectivity index (χ1n) is 15.7. The minimum Gasteiger partial charge on any atom is -0.348 e. The van der Waals surface area contributed by atoms with Gasteiger partial charge in [0.1, 0.15) is 5.82 Å². The summed E-state index contributed by atoms with van der Waals surface area (Å²) in [5.41, 5.74) is 3.33. The molecule has 0 spiro atoms. The van der Waals surface area contributed by atoms with E-state index >= 15 is 0 Å². The van der Waals surface area contributed by atoms with Gasteiger partial charge in [-0.3, -0.25) is 4.98 Å². The summed E-state index contributed by atoms with van der Waals surface area (Å²) in [6.45, 7) is 6.00. The van der Waals surface area contributed by atoms with Gasteiger partial charge in [0.15, 0.2) is 6.29 Å². The van der Waals surface area contributed by atoms with Crippen molar-refractivity contribution in [3.63, 3.8) is 0 Å². The largest absolute Gasteiger partial charge is 0.348 e. The van der Waals surface area contributed by atoms with Crippen LogP contribution in [0.15, 0.2) is 36.5 Å². The van der Waals surface area contributed by atoms with E-state index < -0.39 is 0 Å². The van der Waals surface area contributed by atoms with Crippen molar-refractivity contribution in [1.82, 2.24) is 4.98 Å². The first kappa shape index (κ1) is 30.8. The summed E-state index contributed by atoms with van der Waals surface area (Å²) in [7, 11) is 0. The molecule has 1 saturated heterocycles. The molecule has 1 fully saturated rings. The van der Waals surface area contributed by atoms with E-state index in [1.54, 1.807) is 6.07 Å². The van der Waals surface area contributed by atoms with E-state index in [2.05, 4.69) is 18.8 Å². The van der Waals surface area contributed by atoms with Crippen molar-refractivity contribution in [2.45, 2.75) is 129 Å².